The summed E-state index contributed by atoms with van der Waals surface area (Å²) in [6.07, 6.45) is 31.6. The molecule has 0 amide bonds. The van der Waals surface area contributed by atoms with Gasteiger partial charge in [0.15, 0.2) is 0 Å². The van der Waals surface area contributed by atoms with Crippen LogP contribution in [-0.2, 0) is 28.6 Å². The Labute approximate surface area is 364 Å². The van der Waals surface area contributed by atoms with E-state index in [0.717, 1.165) is 88.9 Å². The van der Waals surface area contributed by atoms with Crippen molar-refractivity contribution in [3.8, 4) is 0 Å². The molecule has 1 aliphatic heterocycles. The van der Waals surface area contributed by atoms with Crippen LogP contribution in [0.2, 0.25) is 0 Å². The van der Waals surface area contributed by atoms with E-state index in [0.29, 0.717) is 39.3 Å². The summed E-state index contributed by atoms with van der Waals surface area (Å²) >= 11 is 0. The van der Waals surface area contributed by atoms with Crippen molar-refractivity contribution in [1.29, 1.82) is 0 Å². The van der Waals surface area contributed by atoms with E-state index in [1.165, 1.54) is 103 Å². The average molecular weight is 836 g/mol. The van der Waals surface area contributed by atoms with Gasteiger partial charge < -0.3 is 19.3 Å². The van der Waals surface area contributed by atoms with Gasteiger partial charge in [0.05, 0.1) is 36.8 Å². The lowest BCUT2D eigenvalue weighted by atomic mass is 9.87. The molecule has 8 heteroatoms. The summed E-state index contributed by atoms with van der Waals surface area (Å²) in [6, 6.07) is -0.421. The highest BCUT2D eigenvalue weighted by Crippen LogP contribution is 2.29. The second-order valence-electron chi connectivity index (χ2n) is 19.7. The number of rotatable bonds is 39. The molecule has 0 radical (unpaired) electrons. The fraction of sp³-hybridized carbons (Fsp3) is 0.941. The molecular formula is C51H97NO7. The van der Waals surface area contributed by atoms with Crippen LogP contribution < -0.4 is 0 Å². The molecule has 1 fully saturated rings. The van der Waals surface area contributed by atoms with E-state index in [4.69, 9.17) is 14.2 Å². The van der Waals surface area contributed by atoms with Gasteiger partial charge in [0.1, 0.15) is 6.04 Å². The van der Waals surface area contributed by atoms with E-state index in [-0.39, 0.29) is 17.9 Å². The molecule has 348 valence electrons. The first-order valence-electron chi connectivity index (χ1n) is 25.2. The van der Waals surface area contributed by atoms with Crippen molar-refractivity contribution in [2.24, 2.45) is 22.7 Å². The van der Waals surface area contributed by atoms with Gasteiger partial charge in [0.25, 0.3) is 0 Å². The molecule has 1 saturated heterocycles. The minimum absolute atomic E-state index is 0.0884. The van der Waals surface area contributed by atoms with Gasteiger partial charge in [-0.25, -0.2) is 0 Å². The van der Waals surface area contributed by atoms with Crippen molar-refractivity contribution in [2.45, 2.75) is 254 Å². The van der Waals surface area contributed by atoms with E-state index in [1.54, 1.807) is 0 Å². The van der Waals surface area contributed by atoms with Gasteiger partial charge in [0.2, 0.25) is 0 Å². The normalized spacial score (nSPS) is 16.3. The van der Waals surface area contributed by atoms with Crippen LogP contribution in [0.1, 0.15) is 242 Å². The van der Waals surface area contributed by atoms with E-state index >= 15 is 0 Å². The maximum absolute atomic E-state index is 13.1. The summed E-state index contributed by atoms with van der Waals surface area (Å²) in [5.41, 5.74) is -1.04. The van der Waals surface area contributed by atoms with Crippen LogP contribution >= 0.6 is 0 Å². The number of likely N-dealkylation sites (tertiary alicyclic amines) is 1. The molecule has 2 atom stereocenters. The second-order valence-corrected chi connectivity index (χ2v) is 19.7. The van der Waals surface area contributed by atoms with Gasteiger partial charge in [-0.1, -0.05) is 156 Å². The highest BCUT2D eigenvalue weighted by molar-refractivity contribution is 5.77. The Kier molecular flexibility index (Phi) is 31.8. The minimum atomic E-state index is -0.547. The maximum Gasteiger partial charge on any atom is 0.323 e. The molecule has 0 saturated carbocycles. The molecule has 59 heavy (non-hydrogen) atoms. The summed E-state index contributed by atoms with van der Waals surface area (Å²) in [5, 5.41) is 10.4. The summed E-state index contributed by atoms with van der Waals surface area (Å²) in [7, 11) is 0. The first kappa shape index (κ1) is 55.3. The molecule has 8 nitrogen and oxygen atoms in total. The molecule has 1 rings (SSSR count). The van der Waals surface area contributed by atoms with E-state index in [1.807, 2.05) is 27.7 Å². The number of carbonyl (C=O) groups excluding carboxylic acids is 3. The molecular weight excluding hydrogens is 739 g/mol. The molecule has 0 aliphatic carbocycles. The first-order chi connectivity index (χ1) is 28.3. The second kappa shape index (κ2) is 33.9. The molecule has 0 aromatic rings. The van der Waals surface area contributed by atoms with E-state index in [9.17, 15) is 19.5 Å². The smallest absolute Gasteiger partial charge is 0.323 e. The number of carbonyl (C=O) groups is 3. The van der Waals surface area contributed by atoms with Crippen LogP contribution in [-0.4, -0.2) is 73.0 Å². The Morgan fingerprint density at radius 1 is 0.525 bits per heavy atom. The number of nitrogens with zero attached hydrogens (tertiary/aromatic N) is 1. The Bertz CT molecular complexity index is 1040. The number of aliphatic hydroxyl groups excluding tert-OH is 1. The fourth-order valence-electron chi connectivity index (χ4n) is 8.81. The lowest BCUT2D eigenvalue weighted by Gasteiger charge is -2.25. The molecule has 0 aromatic heterocycles. The largest absolute Gasteiger partial charge is 0.465 e. The Balaban J connectivity index is 2.30. The SMILES string of the molecule is CCCCCC(CCCCC)CCCOC(=O)C(C)(C)CCCCCCOC(=O)[C@@H]1C[C@H](O)CN1CCCCC(C)(C)C(=O)OCCCC(CCCCC)CCCCC. The number of ether oxygens (including phenoxy) is 3. The van der Waals surface area contributed by atoms with E-state index < -0.39 is 23.0 Å². The summed E-state index contributed by atoms with van der Waals surface area (Å²) in [4.78, 5) is 41.0. The third-order valence-electron chi connectivity index (χ3n) is 13.0. The van der Waals surface area contributed by atoms with Crippen molar-refractivity contribution >= 4 is 17.9 Å². The molecule has 0 unspecified atom stereocenters. The third-order valence-corrected chi connectivity index (χ3v) is 13.0. The lowest BCUT2D eigenvalue weighted by molar-refractivity contribution is -0.155. The molecule has 1 aliphatic rings. The fourth-order valence-corrected chi connectivity index (χ4v) is 8.81. The van der Waals surface area contributed by atoms with Gasteiger partial charge in [-0.2, -0.15) is 0 Å². The van der Waals surface area contributed by atoms with E-state index in [2.05, 4.69) is 32.6 Å². The molecule has 0 aromatic carbocycles. The Hall–Kier alpha value is -1.67. The van der Waals surface area contributed by atoms with Crippen LogP contribution in [0.4, 0.5) is 0 Å². The summed E-state index contributed by atoms with van der Waals surface area (Å²) in [5.74, 6) is 1.05. The van der Waals surface area contributed by atoms with Gasteiger partial charge >= 0.3 is 17.9 Å². The highest BCUT2D eigenvalue weighted by Gasteiger charge is 2.37. The molecule has 1 heterocycles. The van der Waals surface area contributed by atoms with Crippen molar-refractivity contribution in [2.75, 3.05) is 32.9 Å². The Morgan fingerprint density at radius 2 is 0.915 bits per heavy atom. The number of β-amino-alcohol motifs (C(OH)–C–C–N with tert-alkyl or cyclic N) is 1. The number of unbranched alkanes of at least 4 members (excludes halogenated alkanes) is 12. The molecule has 0 bridgehead atoms. The van der Waals surface area contributed by atoms with Crippen molar-refractivity contribution in [3.63, 3.8) is 0 Å². The van der Waals surface area contributed by atoms with Crippen molar-refractivity contribution < 1.29 is 33.7 Å². The third kappa shape index (κ3) is 26.4. The molecule has 0 spiro atoms. The minimum Gasteiger partial charge on any atom is -0.465 e. The number of aliphatic hydroxyl groups is 1. The zero-order chi connectivity index (χ0) is 43.8. The number of hydrogen-bond acceptors (Lipinski definition) is 8. The van der Waals surface area contributed by atoms with Crippen molar-refractivity contribution in [3.05, 3.63) is 0 Å². The van der Waals surface area contributed by atoms with Gasteiger partial charge in [-0.3, -0.25) is 19.3 Å². The zero-order valence-corrected chi connectivity index (χ0v) is 40.2. The van der Waals surface area contributed by atoms with Crippen LogP contribution in [0.15, 0.2) is 0 Å². The van der Waals surface area contributed by atoms with Gasteiger partial charge in [-0.15, -0.1) is 0 Å². The van der Waals surface area contributed by atoms with Crippen LogP contribution in [0.5, 0.6) is 0 Å². The summed E-state index contributed by atoms with van der Waals surface area (Å²) in [6.45, 7) is 19.5. The predicted molar refractivity (Wildman–Crippen MR) is 245 cm³/mol. The van der Waals surface area contributed by atoms with Crippen LogP contribution in [0, 0.1) is 22.7 Å². The highest BCUT2D eigenvalue weighted by atomic mass is 16.5. The average Bonchev–Trinajstić information content (AvgIpc) is 3.58. The zero-order valence-electron chi connectivity index (χ0n) is 40.2. The predicted octanol–water partition coefficient (Wildman–Crippen LogP) is 13.3. The lowest BCUT2D eigenvalue weighted by Crippen LogP contribution is -2.38. The topological polar surface area (TPSA) is 102 Å². The quantitative estimate of drug-likeness (QED) is 0.0371. The van der Waals surface area contributed by atoms with Crippen molar-refractivity contribution in [1.82, 2.24) is 4.90 Å². The molecule has 1 N–H and O–H groups in total. The standard InChI is InChI=1S/C51H97NO7/c1-9-13-19-29-43(30-20-14-10-2)33-27-39-58-48(55)50(5,6)35-23-17-18-26-38-57-47(54)46-41-45(53)42-52(46)37-25-24-36-51(7,8)49(56)59-40-28-34-44(31-21-15-11-3)32-22-16-12-4/h43-46,53H,9-42H2,1-8H3/t45-,46-/m0/s1. The van der Waals surface area contributed by atoms with Crippen LogP contribution in [0.3, 0.4) is 0 Å². The number of hydrogen-bond donors (Lipinski definition) is 1. The summed E-state index contributed by atoms with van der Waals surface area (Å²) < 4.78 is 17.2. The maximum atomic E-state index is 13.1. The van der Waals surface area contributed by atoms with Crippen LogP contribution in [0.25, 0.3) is 0 Å². The van der Waals surface area contributed by atoms with Gasteiger partial charge in [0, 0.05) is 13.0 Å². The number of esters is 3. The first-order valence-corrected chi connectivity index (χ1v) is 25.2. The Morgan fingerprint density at radius 3 is 1.36 bits per heavy atom. The monoisotopic (exact) mass is 836 g/mol. The van der Waals surface area contributed by atoms with Gasteiger partial charge in [-0.05, 0) is 97.4 Å².